The van der Waals surface area contributed by atoms with E-state index in [9.17, 15) is 4.79 Å². The summed E-state index contributed by atoms with van der Waals surface area (Å²) in [6, 6.07) is 2.07. The number of hydrogen-bond acceptors (Lipinski definition) is 4. The molecule has 1 amide bonds. The zero-order valence-electron chi connectivity index (χ0n) is 15.4. The second-order valence-corrected chi connectivity index (χ2v) is 6.87. The van der Waals surface area contributed by atoms with Gasteiger partial charge >= 0.3 is 0 Å². The van der Waals surface area contributed by atoms with Crippen molar-refractivity contribution in [1.82, 2.24) is 19.7 Å². The van der Waals surface area contributed by atoms with Crippen LogP contribution in [0.25, 0.3) is 0 Å². The molecule has 0 saturated carbocycles. The Hall–Kier alpha value is -2.28. The number of ether oxygens (including phenoxy) is 2. The largest absolute Gasteiger partial charge is 0.482 e. The molecule has 0 bridgehead atoms. The van der Waals surface area contributed by atoms with Crippen molar-refractivity contribution in [3.63, 3.8) is 0 Å². The molecular formula is C18H26N4O3. The van der Waals surface area contributed by atoms with E-state index in [2.05, 4.69) is 28.8 Å². The van der Waals surface area contributed by atoms with E-state index in [-0.39, 0.29) is 18.1 Å². The maximum atomic E-state index is 12.8. The zero-order chi connectivity index (χ0) is 18.1. The van der Waals surface area contributed by atoms with Crippen LogP contribution >= 0.6 is 0 Å². The Balaban J connectivity index is 1.70. The number of nitrogens with zero attached hydrogens (tertiary/aromatic N) is 3. The predicted octanol–water partition coefficient (Wildman–Crippen LogP) is 2.00. The summed E-state index contributed by atoms with van der Waals surface area (Å²) in [6.07, 6.45) is 3.24. The summed E-state index contributed by atoms with van der Waals surface area (Å²) in [5.74, 6) is 0.588. The van der Waals surface area contributed by atoms with Gasteiger partial charge in [-0.25, -0.2) is 0 Å². The molecule has 0 aliphatic carbocycles. The third kappa shape index (κ3) is 3.56. The summed E-state index contributed by atoms with van der Waals surface area (Å²) >= 11 is 0. The SMILES string of the molecule is Cc1cc(C(=O)N[C@H]2COC[C@H]2Oc2cnn(C)c2)c(C)n1C(C)C. The number of rotatable bonds is 5. The second kappa shape index (κ2) is 6.92. The maximum absolute atomic E-state index is 12.8. The molecule has 136 valence electrons. The van der Waals surface area contributed by atoms with Gasteiger partial charge in [-0.05, 0) is 33.8 Å². The molecule has 3 rings (SSSR count). The van der Waals surface area contributed by atoms with E-state index in [1.165, 1.54) is 0 Å². The van der Waals surface area contributed by atoms with E-state index in [1.807, 2.05) is 27.0 Å². The first-order chi connectivity index (χ1) is 11.9. The average Bonchev–Trinajstić information content (AvgIpc) is 3.21. The van der Waals surface area contributed by atoms with E-state index in [4.69, 9.17) is 9.47 Å². The molecule has 1 aliphatic heterocycles. The average molecular weight is 346 g/mol. The first-order valence-electron chi connectivity index (χ1n) is 8.59. The molecule has 0 aromatic carbocycles. The molecule has 0 spiro atoms. The topological polar surface area (TPSA) is 70.3 Å². The molecule has 7 heteroatoms. The third-order valence-electron chi connectivity index (χ3n) is 4.56. The molecule has 1 fully saturated rings. The molecule has 1 N–H and O–H groups in total. The van der Waals surface area contributed by atoms with E-state index in [0.29, 0.717) is 30.6 Å². The monoisotopic (exact) mass is 346 g/mol. The van der Waals surface area contributed by atoms with Crippen LogP contribution in [0.1, 0.15) is 41.6 Å². The summed E-state index contributed by atoms with van der Waals surface area (Å²) in [5, 5.41) is 7.16. The van der Waals surface area contributed by atoms with Crippen LogP contribution in [0, 0.1) is 13.8 Å². The third-order valence-corrected chi connectivity index (χ3v) is 4.56. The molecule has 2 aromatic heterocycles. The van der Waals surface area contributed by atoms with E-state index in [1.54, 1.807) is 17.1 Å². The van der Waals surface area contributed by atoms with Gasteiger partial charge in [-0.2, -0.15) is 5.10 Å². The molecule has 7 nitrogen and oxygen atoms in total. The standard InChI is InChI=1S/C18H26N4O3/c1-11(2)22-12(3)6-15(13(22)4)18(23)20-16-9-24-10-17(16)25-14-7-19-21(5)8-14/h6-8,11,16-17H,9-10H2,1-5H3,(H,20,23)/t16-,17+/m0/s1. The van der Waals surface area contributed by atoms with Gasteiger partial charge in [0, 0.05) is 24.5 Å². The van der Waals surface area contributed by atoms with Gasteiger partial charge in [0.2, 0.25) is 0 Å². The highest BCUT2D eigenvalue weighted by Crippen LogP contribution is 2.21. The Kier molecular flexibility index (Phi) is 4.85. The number of aromatic nitrogens is 3. The fourth-order valence-corrected chi connectivity index (χ4v) is 3.47. The van der Waals surface area contributed by atoms with Crippen molar-refractivity contribution >= 4 is 5.91 Å². The Morgan fingerprint density at radius 3 is 2.76 bits per heavy atom. The van der Waals surface area contributed by atoms with Gasteiger partial charge in [0.05, 0.1) is 37.2 Å². The molecule has 25 heavy (non-hydrogen) atoms. The van der Waals surface area contributed by atoms with Crippen LogP contribution in [0.2, 0.25) is 0 Å². The highest BCUT2D eigenvalue weighted by molar-refractivity contribution is 5.96. The molecule has 3 heterocycles. The number of amides is 1. The molecule has 2 aromatic rings. The summed E-state index contributed by atoms with van der Waals surface area (Å²) in [6.45, 7) is 9.13. The van der Waals surface area contributed by atoms with Crippen molar-refractivity contribution in [2.24, 2.45) is 7.05 Å². The van der Waals surface area contributed by atoms with Crippen LogP contribution in [-0.2, 0) is 11.8 Å². The number of hydrogen-bond donors (Lipinski definition) is 1. The summed E-state index contributed by atoms with van der Waals surface area (Å²) < 4.78 is 15.3. The summed E-state index contributed by atoms with van der Waals surface area (Å²) in [7, 11) is 1.84. The summed E-state index contributed by atoms with van der Waals surface area (Å²) in [4.78, 5) is 12.8. The zero-order valence-corrected chi connectivity index (χ0v) is 15.4. The Bertz CT molecular complexity index is 762. The Morgan fingerprint density at radius 1 is 1.40 bits per heavy atom. The number of carbonyl (C=O) groups is 1. The Morgan fingerprint density at radius 2 is 2.16 bits per heavy atom. The normalized spacial score (nSPS) is 20.2. The van der Waals surface area contributed by atoms with E-state index >= 15 is 0 Å². The van der Waals surface area contributed by atoms with Gasteiger partial charge in [0.1, 0.15) is 6.10 Å². The lowest BCUT2D eigenvalue weighted by molar-refractivity contribution is 0.0903. The molecule has 1 saturated heterocycles. The van der Waals surface area contributed by atoms with Crippen LogP contribution in [0.15, 0.2) is 18.5 Å². The van der Waals surface area contributed by atoms with Crippen LogP contribution in [0.4, 0.5) is 0 Å². The van der Waals surface area contributed by atoms with Crippen LogP contribution < -0.4 is 10.1 Å². The highest BCUT2D eigenvalue weighted by atomic mass is 16.5. The lowest BCUT2D eigenvalue weighted by Gasteiger charge is -2.20. The van der Waals surface area contributed by atoms with Crippen molar-refractivity contribution in [3.05, 3.63) is 35.4 Å². The van der Waals surface area contributed by atoms with Gasteiger partial charge in [-0.15, -0.1) is 0 Å². The van der Waals surface area contributed by atoms with E-state index < -0.39 is 0 Å². The van der Waals surface area contributed by atoms with Crippen molar-refractivity contribution < 1.29 is 14.3 Å². The van der Waals surface area contributed by atoms with Crippen LogP contribution in [-0.4, -0.2) is 45.6 Å². The fraction of sp³-hybridized carbons (Fsp3) is 0.556. The Labute approximate surface area is 147 Å². The highest BCUT2D eigenvalue weighted by Gasteiger charge is 2.32. The number of aryl methyl sites for hydroxylation is 2. The minimum Gasteiger partial charge on any atom is -0.482 e. The van der Waals surface area contributed by atoms with Gasteiger partial charge < -0.3 is 19.4 Å². The first kappa shape index (κ1) is 17.5. The van der Waals surface area contributed by atoms with Crippen LogP contribution in [0.3, 0.4) is 0 Å². The minimum absolute atomic E-state index is 0.0877. The van der Waals surface area contributed by atoms with Gasteiger partial charge in [0.15, 0.2) is 5.75 Å². The smallest absolute Gasteiger partial charge is 0.253 e. The molecule has 1 aliphatic rings. The van der Waals surface area contributed by atoms with Crippen molar-refractivity contribution in [2.75, 3.05) is 13.2 Å². The van der Waals surface area contributed by atoms with Crippen molar-refractivity contribution in [3.8, 4) is 5.75 Å². The molecule has 0 radical (unpaired) electrons. The van der Waals surface area contributed by atoms with Crippen LogP contribution in [0.5, 0.6) is 5.75 Å². The second-order valence-electron chi connectivity index (χ2n) is 6.87. The fourth-order valence-electron chi connectivity index (χ4n) is 3.47. The van der Waals surface area contributed by atoms with Crippen molar-refractivity contribution in [2.45, 2.75) is 45.9 Å². The van der Waals surface area contributed by atoms with Gasteiger partial charge in [0.25, 0.3) is 5.91 Å². The van der Waals surface area contributed by atoms with Gasteiger partial charge in [-0.3, -0.25) is 9.48 Å². The molecular weight excluding hydrogens is 320 g/mol. The minimum atomic E-state index is -0.221. The van der Waals surface area contributed by atoms with E-state index in [0.717, 1.165) is 11.4 Å². The maximum Gasteiger partial charge on any atom is 0.253 e. The lowest BCUT2D eigenvalue weighted by atomic mass is 10.1. The van der Waals surface area contributed by atoms with Crippen molar-refractivity contribution in [1.29, 1.82) is 0 Å². The first-order valence-corrected chi connectivity index (χ1v) is 8.59. The predicted molar refractivity (Wildman–Crippen MR) is 94.0 cm³/mol. The number of nitrogens with one attached hydrogen (secondary N) is 1. The quantitative estimate of drug-likeness (QED) is 0.899. The summed E-state index contributed by atoms with van der Waals surface area (Å²) in [5.41, 5.74) is 2.77. The lowest BCUT2D eigenvalue weighted by Crippen LogP contribution is -2.45. The number of carbonyl (C=O) groups excluding carboxylic acids is 1. The molecule has 2 atom stereocenters. The van der Waals surface area contributed by atoms with Gasteiger partial charge in [-0.1, -0.05) is 0 Å². The molecule has 0 unspecified atom stereocenters.